The summed E-state index contributed by atoms with van der Waals surface area (Å²) in [6, 6.07) is 0. The Labute approximate surface area is 50.3 Å². The highest BCUT2D eigenvalue weighted by Crippen LogP contribution is 1.99. The van der Waals surface area contributed by atoms with E-state index >= 15 is 0 Å². The Balaban J connectivity index is 3.91. The molecular formula is C6H13NO. The molecule has 0 aromatic carbocycles. The van der Waals surface area contributed by atoms with Crippen LogP contribution in [0.3, 0.4) is 0 Å². The van der Waals surface area contributed by atoms with Gasteiger partial charge in [0.05, 0.1) is 5.54 Å². The molecule has 0 amide bonds. The van der Waals surface area contributed by atoms with Crippen LogP contribution in [0.1, 0.15) is 20.8 Å². The molecule has 2 nitrogen and oxygen atoms in total. The topological polar surface area (TPSA) is 29.1 Å². The van der Waals surface area contributed by atoms with Crippen LogP contribution in [0.15, 0.2) is 0 Å². The molecule has 0 fully saturated rings. The van der Waals surface area contributed by atoms with Gasteiger partial charge in [0.2, 0.25) is 0 Å². The summed E-state index contributed by atoms with van der Waals surface area (Å²) < 4.78 is 0. The molecule has 8 heavy (non-hydrogen) atoms. The minimum absolute atomic E-state index is 0.167. The van der Waals surface area contributed by atoms with E-state index in [1.807, 2.05) is 13.8 Å². The van der Waals surface area contributed by atoms with E-state index in [4.69, 9.17) is 0 Å². The molecule has 1 N–H and O–H groups in total. The maximum absolute atomic E-state index is 10.6. The van der Waals surface area contributed by atoms with Crippen molar-refractivity contribution in [1.82, 2.24) is 5.32 Å². The van der Waals surface area contributed by atoms with Gasteiger partial charge < -0.3 is 5.32 Å². The van der Waals surface area contributed by atoms with Crippen molar-refractivity contribution in [2.24, 2.45) is 0 Å². The van der Waals surface area contributed by atoms with Gasteiger partial charge in [-0.1, -0.05) is 0 Å². The van der Waals surface area contributed by atoms with Gasteiger partial charge in [-0.25, -0.2) is 0 Å². The lowest BCUT2D eigenvalue weighted by Crippen LogP contribution is -2.42. The molecule has 0 aliphatic heterocycles. The maximum Gasteiger partial charge on any atom is 0.149 e. The van der Waals surface area contributed by atoms with Gasteiger partial charge in [0, 0.05) is 0 Å². The summed E-state index contributed by atoms with van der Waals surface area (Å²) in [5, 5.41) is 2.89. The quantitative estimate of drug-likeness (QED) is 0.570. The number of Topliss-reactive ketones (excluding diaryl/α,β-unsaturated/α-hetero) is 1. The Morgan fingerprint density at radius 3 is 1.88 bits per heavy atom. The summed E-state index contributed by atoms with van der Waals surface area (Å²) in [5.41, 5.74) is -0.347. The Hall–Kier alpha value is -0.370. The predicted molar refractivity (Wildman–Crippen MR) is 33.8 cm³/mol. The molecular weight excluding hydrogens is 102 g/mol. The average molecular weight is 115 g/mol. The zero-order valence-corrected chi connectivity index (χ0v) is 5.91. The normalized spacial score (nSPS) is 11.5. The van der Waals surface area contributed by atoms with Crippen LogP contribution in [0.25, 0.3) is 0 Å². The fourth-order valence-electron chi connectivity index (χ4n) is 0.176. The number of carbonyl (C=O) groups is 1. The number of hydrogen-bond acceptors (Lipinski definition) is 2. The predicted octanol–water partition coefficient (Wildman–Crippen LogP) is 0.573. The van der Waals surface area contributed by atoms with Crippen molar-refractivity contribution in [3.05, 3.63) is 0 Å². The van der Waals surface area contributed by atoms with E-state index in [1.165, 1.54) is 0 Å². The van der Waals surface area contributed by atoms with Crippen molar-refractivity contribution in [3.8, 4) is 0 Å². The molecule has 0 spiro atoms. The molecule has 0 bridgehead atoms. The Bertz CT molecular complexity index is 96.7. The van der Waals surface area contributed by atoms with Crippen LogP contribution in [-0.4, -0.2) is 18.4 Å². The standard InChI is InChI=1S/C6H13NO/c1-5(8)6(2,3)7-4/h7H,1-4H3. The molecule has 0 atom stereocenters. The van der Waals surface area contributed by atoms with Gasteiger partial charge in [0.15, 0.2) is 0 Å². The Morgan fingerprint density at radius 1 is 1.50 bits per heavy atom. The largest absolute Gasteiger partial charge is 0.308 e. The summed E-state index contributed by atoms with van der Waals surface area (Å²) in [6.07, 6.45) is 0. The fraction of sp³-hybridized carbons (Fsp3) is 0.833. The second-order valence-corrected chi connectivity index (χ2v) is 2.43. The lowest BCUT2D eigenvalue weighted by atomic mass is 10.0. The number of nitrogens with one attached hydrogen (secondary N) is 1. The maximum atomic E-state index is 10.6. The van der Waals surface area contributed by atoms with Gasteiger partial charge in [-0.15, -0.1) is 0 Å². The molecule has 0 rings (SSSR count). The first kappa shape index (κ1) is 7.63. The highest BCUT2D eigenvalue weighted by atomic mass is 16.1. The molecule has 0 saturated heterocycles. The van der Waals surface area contributed by atoms with Crippen LogP contribution in [0.4, 0.5) is 0 Å². The van der Waals surface area contributed by atoms with Gasteiger partial charge in [-0.05, 0) is 27.8 Å². The number of rotatable bonds is 2. The van der Waals surface area contributed by atoms with Crippen molar-refractivity contribution in [2.45, 2.75) is 26.3 Å². The van der Waals surface area contributed by atoms with E-state index < -0.39 is 0 Å². The summed E-state index contributed by atoms with van der Waals surface area (Å²) in [5.74, 6) is 0.167. The third kappa shape index (κ3) is 1.62. The lowest BCUT2D eigenvalue weighted by Gasteiger charge is -2.19. The van der Waals surface area contributed by atoms with Crippen LogP contribution in [0.2, 0.25) is 0 Å². The van der Waals surface area contributed by atoms with Gasteiger partial charge in [0.25, 0.3) is 0 Å². The molecule has 48 valence electrons. The zero-order chi connectivity index (χ0) is 6.78. The summed E-state index contributed by atoms with van der Waals surface area (Å²) in [7, 11) is 1.78. The average Bonchev–Trinajstić information content (AvgIpc) is 1.67. The van der Waals surface area contributed by atoms with Crippen LogP contribution in [0.5, 0.6) is 0 Å². The van der Waals surface area contributed by atoms with E-state index in [9.17, 15) is 4.79 Å². The van der Waals surface area contributed by atoms with E-state index in [2.05, 4.69) is 5.32 Å². The first-order chi connectivity index (χ1) is 3.50. The molecule has 0 heterocycles. The van der Waals surface area contributed by atoms with Crippen LogP contribution >= 0.6 is 0 Å². The summed E-state index contributed by atoms with van der Waals surface area (Å²) >= 11 is 0. The van der Waals surface area contributed by atoms with Gasteiger partial charge >= 0.3 is 0 Å². The fourth-order valence-corrected chi connectivity index (χ4v) is 0.176. The zero-order valence-electron chi connectivity index (χ0n) is 5.91. The van der Waals surface area contributed by atoms with E-state index in [0.717, 1.165) is 0 Å². The number of likely N-dealkylation sites (N-methyl/N-ethyl adjacent to an activating group) is 1. The minimum atomic E-state index is -0.347. The van der Waals surface area contributed by atoms with Crippen molar-refractivity contribution < 1.29 is 4.79 Å². The van der Waals surface area contributed by atoms with Crippen molar-refractivity contribution in [2.75, 3.05) is 7.05 Å². The first-order valence-electron chi connectivity index (χ1n) is 2.70. The van der Waals surface area contributed by atoms with Gasteiger partial charge in [-0.2, -0.15) is 0 Å². The number of hydrogen-bond donors (Lipinski definition) is 1. The third-order valence-corrected chi connectivity index (χ3v) is 1.51. The molecule has 0 unspecified atom stereocenters. The minimum Gasteiger partial charge on any atom is -0.308 e. The van der Waals surface area contributed by atoms with E-state index in [1.54, 1.807) is 14.0 Å². The smallest absolute Gasteiger partial charge is 0.149 e. The molecule has 0 aromatic heterocycles. The number of ketones is 1. The van der Waals surface area contributed by atoms with Crippen LogP contribution in [0, 0.1) is 0 Å². The van der Waals surface area contributed by atoms with Gasteiger partial charge in [0.1, 0.15) is 5.78 Å². The third-order valence-electron chi connectivity index (χ3n) is 1.51. The summed E-state index contributed by atoms with van der Waals surface area (Å²) in [6.45, 7) is 5.29. The molecule has 0 aromatic rings. The molecule has 0 radical (unpaired) electrons. The number of carbonyl (C=O) groups excluding carboxylic acids is 1. The first-order valence-corrected chi connectivity index (χ1v) is 2.70. The Kier molecular flexibility index (Phi) is 2.16. The molecule has 0 aliphatic carbocycles. The summed E-state index contributed by atoms with van der Waals surface area (Å²) in [4.78, 5) is 10.6. The molecule has 2 heteroatoms. The molecule has 0 saturated carbocycles. The molecule has 0 aliphatic rings. The van der Waals surface area contributed by atoms with Crippen LogP contribution in [-0.2, 0) is 4.79 Å². The highest BCUT2D eigenvalue weighted by Gasteiger charge is 2.19. The Morgan fingerprint density at radius 2 is 1.88 bits per heavy atom. The van der Waals surface area contributed by atoms with Crippen molar-refractivity contribution in [1.29, 1.82) is 0 Å². The second kappa shape index (κ2) is 2.27. The van der Waals surface area contributed by atoms with Crippen LogP contribution < -0.4 is 5.32 Å². The van der Waals surface area contributed by atoms with E-state index in [-0.39, 0.29) is 11.3 Å². The lowest BCUT2D eigenvalue weighted by molar-refractivity contribution is -0.121. The van der Waals surface area contributed by atoms with Gasteiger partial charge in [-0.3, -0.25) is 4.79 Å². The second-order valence-electron chi connectivity index (χ2n) is 2.43. The van der Waals surface area contributed by atoms with E-state index in [0.29, 0.717) is 0 Å². The monoisotopic (exact) mass is 115 g/mol. The van der Waals surface area contributed by atoms with Crippen molar-refractivity contribution >= 4 is 5.78 Å². The highest BCUT2D eigenvalue weighted by molar-refractivity contribution is 5.84. The SMILES string of the molecule is CNC(C)(C)C(C)=O. The van der Waals surface area contributed by atoms with Crippen molar-refractivity contribution in [3.63, 3.8) is 0 Å².